The molecule has 8 heteroatoms. The van der Waals surface area contributed by atoms with Gasteiger partial charge in [-0.3, -0.25) is 14.5 Å². The van der Waals surface area contributed by atoms with Crippen molar-refractivity contribution in [3.63, 3.8) is 0 Å². The zero-order valence-electron chi connectivity index (χ0n) is 17.5. The van der Waals surface area contributed by atoms with Gasteiger partial charge in [0.2, 0.25) is 21.8 Å². The summed E-state index contributed by atoms with van der Waals surface area (Å²) in [4.78, 5) is 28.0. The molecule has 1 N–H and O–H groups in total. The van der Waals surface area contributed by atoms with E-state index in [0.29, 0.717) is 5.69 Å². The Hall–Kier alpha value is -2.71. The normalized spacial score (nSPS) is 20.2. The first-order valence-electron chi connectivity index (χ1n) is 9.88. The summed E-state index contributed by atoms with van der Waals surface area (Å²) in [6.45, 7) is 4.90. The van der Waals surface area contributed by atoms with Gasteiger partial charge in [-0.05, 0) is 38.0 Å². The van der Waals surface area contributed by atoms with Crippen LogP contribution in [0.3, 0.4) is 0 Å². The van der Waals surface area contributed by atoms with Crippen LogP contribution in [0, 0.1) is 6.92 Å². The number of rotatable bonds is 6. The molecule has 3 rings (SSSR count). The second-order valence-corrected chi connectivity index (χ2v) is 9.88. The minimum Gasteiger partial charge on any atom is -0.350 e. The van der Waals surface area contributed by atoms with E-state index in [0.717, 1.165) is 15.4 Å². The van der Waals surface area contributed by atoms with Crippen molar-refractivity contribution in [1.82, 2.24) is 9.62 Å². The third-order valence-corrected chi connectivity index (χ3v) is 7.21. The molecule has 1 atom stereocenters. The number of benzene rings is 2. The second-order valence-electron chi connectivity index (χ2n) is 7.63. The number of carbonyl (C=O) groups is 2. The average molecular weight is 430 g/mol. The summed E-state index contributed by atoms with van der Waals surface area (Å²) in [5.41, 5.74) is 0.962. The van der Waals surface area contributed by atoms with Gasteiger partial charge in [0, 0.05) is 18.8 Å². The number of amides is 2. The SMILES string of the molecule is CCS(=O)(=O)N1CC(=O)N(c2ccccc2C)[C@](C)(C(=O)NCc2ccccc2)C1. The standard InChI is InChI=1S/C22H27N3O4S/c1-4-30(28,29)24-15-20(26)25(19-13-9-8-10-17(19)2)22(3,16-24)21(27)23-14-18-11-6-5-7-12-18/h5-13H,4,14-16H2,1-3H3,(H,23,27)/t22-/m0/s1. The molecule has 0 bridgehead atoms. The predicted octanol–water partition coefficient (Wildman–Crippen LogP) is 2.07. The largest absolute Gasteiger partial charge is 0.350 e. The van der Waals surface area contributed by atoms with Gasteiger partial charge in [0.05, 0.1) is 12.3 Å². The highest BCUT2D eigenvalue weighted by Gasteiger charge is 2.50. The van der Waals surface area contributed by atoms with Crippen molar-refractivity contribution >= 4 is 27.5 Å². The van der Waals surface area contributed by atoms with Crippen LogP contribution < -0.4 is 10.2 Å². The van der Waals surface area contributed by atoms with Crippen molar-refractivity contribution in [2.24, 2.45) is 0 Å². The first-order chi connectivity index (χ1) is 14.2. The molecule has 2 aromatic carbocycles. The maximum absolute atomic E-state index is 13.4. The first kappa shape index (κ1) is 22.0. The van der Waals surface area contributed by atoms with Crippen molar-refractivity contribution < 1.29 is 18.0 Å². The number of sulfonamides is 1. The summed E-state index contributed by atoms with van der Waals surface area (Å²) in [6.07, 6.45) is 0. The van der Waals surface area contributed by atoms with Crippen molar-refractivity contribution in [3.8, 4) is 0 Å². The molecule has 1 saturated heterocycles. The highest BCUT2D eigenvalue weighted by molar-refractivity contribution is 7.89. The highest BCUT2D eigenvalue weighted by atomic mass is 32.2. The van der Waals surface area contributed by atoms with Crippen LogP contribution in [0.1, 0.15) is 25.0 Å². The van der Waals surface area contributed by atoms with Gasteiger partial charge >= 0.3 is 0 Å². The van der Waals surface area contributed by atoms with Crippen LogP contribution in [0.2, 0.25) is 0 Å². The van der Waals surface area contributed by atoms with E-state index in [9.17, 15) is 18.0 Å². The van der Waals surface area contributed by atoms with Crippen LogP contribution in [-0.4, -0.2) is 48.9 Å². The molecular weight excluding hydrogens is 402 g/mol. The fourth-order valence-electron chi connectivity index (χ4n) is 3.70. The summed E-state index contributed by atoms with van der Waals surface area (Å²) in [5.74, 6) is -0.962. The molecule has 0 unspecified atom stereocenters. The number of piperazine rings is 1. The molecule has 0 aromatic heterocycles. The molecule has 1 heterocycles. The van der Waals surface area contributed by atoms with Crippen LogP contribution >= 0.6 is 0 Å². The van der Waals surface area contributed by atoms with Gasteiger partial charge in [0.15, 0.2) is 0 Å². The van der Waals surface area contributed by atoms with Gasteiger partial charge in [-0.1, -0.05) is 48.5 Å². The minimum absolute atomic E-state index is 0.107. The molecule has 160 valence electrons. The summed E-state index contributed by atoms with van der Waals surface area (Å²) < 4.78 is 26.2. The molecule has 1 fully saturated rings. The van der Waals surface area contributed by atoms with Crippen molar-refractivity contribution in [2.45, 2.75) is 32.9 Å². The summed E-state index contributed by atoms with van der Waals surface area (Å²) >= 11 is 0. The zero-order valence-corrected chi connectivity index (χ0v) is 18.3. The second kappa shape index (κ2) is 8.57. The third kappa shape index (κ3) is 4.24. The number of nitrogens with zero attached hydrogens (tertiary/aromatic N) is 2. The van der Waals surface area contributed by atoms with Crippen LogP contribution in [0.5, 0.6) is 0 Å². The number of aryl methyl sites for hydroxylation is 1. The molecule has 2 amide bonds. The molecule has 1 aliphatic heterocycles. The molecule has 2 aromatic rings. The molecule has 0 aliphatic carbocycles. The van der Waals surface area contributed by atoms with Crippen LogP contribution in [0.15, 0.2) is 54.6 Å². The van der Waals surface area contributed by atoms with Gasteiger partial charge in [-0.15, -0.1) is 0 Å². The van der Waals surface area contributed by atoms with Gasteiger partial charge in [-0.25, -0.2) is 8.42 Å². The average Bonchev–Trinajstić information content (AvgIpc) is 2.73. The fraction of sp³-hybridized carbons (Fsp3) is 0.364. The first-order valence-corrected chi connectivity index (χ1v) is 11.5. The van der Waals surface area contributed by atoms with E-state index >= 15 is 0 Å². The van der Waals surface area contributed by atoms with Crippen LogP contribution in [-0.2, 0) is 26.2 Å². The molecule has 0 spiro atoms. The van der Waals surface area contributed by atoms with E-state index in [4.69, 9.17) is 0 Å². The number of anilines is 1. The smallest absolute Gasteiger partial charge is 0.247 e. The molecule has 0 saturated carbocycles. The van der Waals surface area contributed by atoms with Gasteiger partial charge in [0.25, 0.3) is 0 Å². The predicted molar refractivity (Wildman–Crippen MR) is 116 cm³/mol. The summed E-state index contributed by atoms with van der Waals surface area (Å²) in [6, 6.07) is 16.7. The van der Waals surface area contributed by atoms with Gasteiger partial charge in [-0.2, -0.15) is 4.31 Å². The zero-order chi connectivity index (χ0) is 21.9. The summed E-state index contributed by atoms with van der Waals surface area (Å²) in [7, 11) is -3.64. The topological polar surface area (TPSA) is 86.8 Å². The Morgan fingerprint density at radius 1 is 1.10 bits per heavy atom. The molecule has 7 nitrogen and oxygen atoms in total. The van der Waals surface area contributed by atoms with Gasteiger partial charge in [0.1, 0.15) is 5.54 Å². The molecule has 1 aliphatic rings. The van der Waals surface area contributed by atoms with Crippen molar-refractivity contribution in [2.75, 3.05) is 23.7 Å². The van der Waals surface area contributed by atoms with Crippen LogP contribution in [0.4, 0.5) is 5.69 Å². The molecule has 0 radical (unpaired) electrons. The van der Waals surface area contributed by atoms with Crippen molar-refractivity contribution in [3.05, 3.63) is 65.7 Å². The lowest BCUT2D eigenvalue weighted by Gasteiger charge is -2.47. The van der Waals surface area contributed by atoms with E-state index in [-0.39, 0.29) is 25.4 Å². The number of nitrogens with one attached hydrogen (secondary N) is 1. The Morgan fingerprint density at radius 2 is 1.73 bits per heavy atom. The Morgan fingerprint density at radius 3 is 2.37 bits per heavy atom. The van der Waals surface area contributed by atoms with Crippen molar-refractivity contribution in [1.29, 1.82) is 0 Å². The monoisotopic (exact) mass is 429 g/mol. The number of carbonyl (C=O) groups excluding carboxylic acids is 2. The van der Waals surface area contributed by atoms with E-state index in [1.807, 2.05) is 49.4 Å². The number of hydrogen-bond donors (Lipinski definition) is 1. The Kier molecular flexibility index (Phi) is 6.28. The van der Waals surface area contributed by atoms with E-state index < -0.39 is 27.4 Å². The lowest BCUT2D eigenvalue weighted by atomic mass is 9.93. The van der Waals surface area contributed by atoms with E-state index in [1.54, 1.807) is 19.1 Å². The number of para-hydroxylation sites is 1. The Labute approximate surface area is 177 Å². The lowest BCUT2D eigenvalue weighted by molar-refractivity contribution is -0.133. The minimum atomic E-state index is -3.64. The maximum atomic E-state index is 13.4. The number of hydrogen-bond acceptors (Lipinski definition) is 4. The van der Waals surface area contributed by atoms with Crippen LogP contribution in [0.25, 0.3) is 0 Å². The summed E-state index contributed by atoms with van der Waals surface area (Å²) in [5, 5.41) is 2.88. The molecular formula is C22H27N3O4S. The fourth-order valence-corrected chi connectivity index (χ4v) is 4.82. The lowest BCUT2D eigenvalue weighted by Crippen LogP contribution is -2.70. The molecule has 30 heavy (non-hydrogen) atoms. The quantitative estimate of drug-likeness (QED) is 0.762. The maximum Gasteiger partial charge on any atom is 0.247 e. The van der Waals surface area contributed by atoms with Gasteiger partial charge < -0.3 is 5.32 Å². The highest BCUT2D eigenvalue weighted by Crippen LogP contribution is 2.32. The Bertz CT molecular complexity index is 1040. The van der Waals surface area contributed by atoms with E-state index in [1.165, 1.54) is 11.8 Å². The Balaban J connectivity index is 1.99. The van der Waals surface area contributed by atoms with E-state index in [2.05, 4.69) is 5.32 Å². The third-order valence-electron chi connectivity index (χ3n) is 5.44.